The summed E-state index contributed by atoms with van der Waals surface area (Å²) < 4.78 is 2.13. The molecule has 2 saturated carbocycles. The summed E-state index contributed by atoms with van der Waals surface area (Å²) in [6.45, 7) is 3.82. The van der Waals surface area contributed by atoms with Crippen LogP contribution in [0.15, 0.2) is 5.16 Å². The highest BCUT2D eigenvalue weighted by Gasteiger charge is 2.36. The molecule has 3 rings (SSSR count). The highest BCUT2D eigenvalue weighted by Crippen LogP contribution is 2.39. The molecule has 1 aromatic heterocycles. The van der Waals surface area contributed by atoms with Gasteiger partial charge in [-0.05, 0) is 39.5 Å². The van der Waals surface area contributed by atoms with Crippen LogP contribution < -0.4 is 5.32 Å². The number of aromatic nitrogens is 3. The Morgan fingerprint density at radius 3 is 2.70 bits per heavy atom. The summed E-state index contributed by atoms with van der Waals surface area (Å²) in [5.41, 5.74) is -0.676. The van der Waals surface area contributed by atoms with Crippen molar-refractivity contribution >= 4 is 17.7 Å². The number of nitrogens with one attached hydrogen (secondary N) is 1. The molecular formula is C16H23N5OS. The Morgan fingerprint density at radius 2 is 2.09 bits per heavy atom. The zero-order chi connectivity index (χ0) is 16.4. The Hall–Kier alpha value is -1.55. The number of nitriles is 1. The molecule has 0 saturated heterocycles. The van der Waals surface area contributed by atoms with Crippen molar-refractivity contribution in [2.75, 3.05) is 0 Å². The van der Waals surface area contributed by atoms with Crippen LogP contribution in [0.25, 0.3) is 0 Å². The monoisotopic (exact) mass is 333 g/mol. The lowest BCUT2D eigenvalue weighted by Crippen LogP contribution is -2.51. The van der Waals surface area contributed by atoms with Crippen molar-refractivity contribution in [3.8, 4) is 6.07 Å². The Kier molecular flexibility index (Phi) is 4.62. The van der Waals surface area contributed by atoms with Gasteiger partial charge in [-0.3, -0.25) is 4.79 Å². The number of thioether (sulfide) groups is 1. The van der Waals surface area contributed by atoms with Gasteiger partial charge in [0.15, 0.2) is 5.16 Å². The predicted molar refractivity (Wildman–Crippen MR) is 87.9 cm³/mol. The standard InChI is InChI=1S/C16H23N5OS/c1-11(14(22)18-16(10-17)8-4-3-5-9-16)23-15-20-19-12(2)21(15)13-6-7-13/h11,13H,3-9H2,1-2H3,(H,18,22)/t11-/m0/s1. The zero-order valence-corrected chi connectivity index (χ0v) is 14.5. The third kappa shape index (κ3) is 3.52. The predicted octanol–water partition coefficient (Wildman–Crippen LogP) is 2.74. The van der Waals surface area contributed by atoms with Crippen molar-refractivity contribution in [3.05, 3.63) is 5.82 Å². The van der Waals surface area contributed by atoms with Crippen LogP contribution in [-0.2, 0) is 4.79 Å². The molecule has 1 amide bonds. The SMILES string of the molecule is Cc1nnc(S[C@@H](C)C(=O)NC2(C#N)CCCCC2)n1C1CC1. The lowest BCUT2D eigenvalue weighted by Gasteiger charge is -2.32. The number of hydrogen-bond donors (Lipinski definition) is 1. The number of nitrogens with zero attached hydrogens (tertiary/aromatic N) is 4. The Morgan fingerprint density at radius 1 is 1.39 bits per heavy atom. The first-order chi connectivity index (χ1) is 11.0. The van der Waals surface area contributed by atoms with E-state index in [0.717, 1.165) is 55.9 Å². The maximum atomic E-state index is 12.5. The number of carbonyl (C=O) groups is 1. The van der Waals surface area contributed by atoms with Crippen LogP contribution in [0.5, 0.6) is 0 Å². The normalized spacial score (nSPS) is 21.4. The summed E-state index contributed by atoms with van der Waals surface area (Å²) in [7, 11) is 0. The van der Waals surface area contributed by atoms with Gasteiger partial charge in [-0.25, -0.2) is 0 Å². The maximum absolute atomic E-state index is 12.5. The Balaban J connectivity index is 1.65. The van der Waals surface area contributed by atoms with Gasteiger partial charge in [-0.2, -0.15) is 5.26 Å². The van der Waals surface area contributed by atoms with Gasteiger partial charge in [0.05, 0.1) is 11.3 Å². The highest BCUT2D eigenvalue weighted by atomic mass is 32.2. The second-order valence-corrected chi connectivity index (χ2v) is 7.94. The average molecular weight is 333 g/mol. The van der Waals surface area contributed by atoms with Crippen LogP contribution in [0, 0.1) is 18.3 Å². The summed E-state index contributed by atoms with van der Waals surface area (Å²) in [6.07, 6.45) is 6.98. The van der Waals surface area contributed by atoms with E-state index in [4.69, 9.17) is 0 Å². The van der Waals surface area contributed by atoms with Crippen molar-refractivity contribution in [2.24, 2.45) is 0 Å². The lowest BCUT2D eigenvalue weighted by atomic mass is 9.83. The van der Waals surface area contributed by atoms with Crippen LogP contribution in [0.4, 0.5) is 0 Å². The molecule has 1 N–H and O–H groups in total. The smallest absolute Gasteiger partial charge is 0.234 e. The van der Waals surface area contributed by atoms with Gasteiger partial charge in [0.25, 0.3) is 0 Å². The fourth-order valence-electron chi connectivity index (χ4n) is 3.15. The van der Waals surface area contributed by atoms with Crippen molar-refractivity contribution in [1.29, 1.82) is 5.26 Å². The topological polar surface area (TPSA) is 83.6 Å². The maximum Gasteiger partial charge on any atom is 0.234 e. The molecule has 23 heavy (non-hydrogen) atoms. The van der Waals surface area contributed by atoms with E-state index in [0.29, 0.717) is 6.04 Å². The molecular weight excluding hydrogens is 310 g/mol. The van der Waals surface area contributed by atoms with Gasteiger partial charge in [-0.15, -0.1) is 10.2 Å². The molecule has 0 spiro atoms. The van der Waals surface area contributed by atoms with E-state index in [1.807, 2.05) is 13.8 Å². The van der Waals surface area contributed by atoms with Crippen LogP contribution in [-0.4, -0.2) is 31.5 Å². The molecule has 124 valence electrons. The van der Waals surface area contributed by atoms with E-state index in [-0.39, 0.29) is 11.2 Å². The van der Waals surface area contributed by atoms with Crippen LogP contribution in [0.2, 0.25) is 0 Å². The number of hydrogen-bond acceptors (Lipinski definition) is 5. The summed E-state index contributed by atoms with van der Waals surface area (Å²) in [4.78, 5) is 12.5. The molecule has 0 aromatic carbocycles. The Labute approximate surface area is 141 Å². The summed E-state index contributed by atoms with van der Waals surface area (Å²) in [6, 6.07) is 2.83. The molecule has 1 heterocycles. The van der Waals surface area contributed by atoms with E-state index in [1.165, 1.54) is 11.8 Å². The third-order valence-corrected chi connectivity index (χ3v) is 5.74. The van der Waals surface area contributed by atoms with Crippen LogP contribution >= 0.6 is 11.8 Å². The van der Waals surface area contributed by atoms with Gasteiger partial charge in [0.2, 0.25) is 5.91 Å². The lowest BCUT2D eigenvalue weighted by molar-refractivity contribution is -0.121. The van der Waals surface area contributed by atoms with Gasteiger partial charge in [-0.1, -0.05) is 31.0 Å². The first-order valence-corrected chi connectivity index (χ1v) is 9.24. The Bertz CT molecular complexity index is 625. The van der Waals surface area contributed by atoms with Gasteiger partial charge < -0.3 is 9.88 Å². The molecule has 2 fully saturated rings. The minimum Gasteiger partial charge on any atom is -0.337 e. The molecule has 0 unspecified atom stereocenters. The van der Waals surface area contributed by atoms with Gasteiger partial charge in [0, 0.05) is 6.04 Å². The van der Waals surface area contributed by atoms with E-state index in [2.05, 4.69) is 26.2 Å². The van der Waals surface area contributed by atoms with E-state index in [9.17, 15) is 10.1 Å². The second-order valence-electron chi connectivity index (χ2n) is 6.63. The summed E-state index contributed by atoms with van der Waals surface area (Å²) in [5, 5.41) is 21.4. The first kappa shape index (κ1) is 16.3. The largest absolute Gasteiger partial charge is 0.337 e. The molecule has 6 nitrogen and oxygen atoms in total. The fourth-order valence-corrected chi connectivity index (χ4v) is 4.12. The zero-order valence-electron chi connectivity index (χ0n) is 13.7. The highest BCUT2D eigenvalue weighted by molar-refractivity contribution is 8.00. The number of rotatable bonds is 5. The first-order valence-electron chi connectivity index (χ1n) is 8.36. The van der Waals surface area contributed by atoms with Crippen molar-refractivity contribution in [2.45, 2.75) is 80.8 Å². The van der Waals surface area contributed by atoms with Crippen molar-refractivity contribution < 1.29 is 4.79 Å². The second kappa shape index (κ2) is 6.52. The number of carbonyl (C=O) groups excluding carboxylic acids is 1. The van der Waals surface area contributed by atoms with Gasteiger partial charge >= 0.3 is 0 Å². The molecule has 2 aliphatic rings. The van der Waals surface area contributed by atoms with Gasteiger partial charge in [0.1, 0.15) is 11.4 Å². The van der Waals surface area contributed by atoms with E-state index >= 15 is 0 Å². The summed E-state index contributed by atoms with van der Waals surface area (Å²) >= 11 is 1.43. The minimum atomic E-state index is -0.676. The molecule has 2 aliphatic carbocycles. The van der Waals surface area contributed by atoms with Crippen LogP contribution in [0.3, 0.4) is 0 Å². The van der Waals surface area contributed by atoms with Crippen LogP contribution in [0.1, 0.15) is 63.7 Å². The average Bonchev–Trinajstić information content (AvgIpc) is 3.32. The molecule has 0 aliphatic heterocycles. The number of aryl methyl sites for hydroxylation is 1. The van der Waals surface area contributed by atoms with E-state index < -0.39 is 5.54 Å². The fraction of sp³-hybridized carbons (Fsp3) is 0.750. The molecule has 1 atom stereocenters. The van der Waals surface area contributed by atoms with Crippen molar-refractivity contribution in [3.63, 3.8) is 0 Å². The minimum absolute atomic E-state index is 0.0820. The molecule has 7 heteroatoms. The molecule has 0 radical (unpaired) electrons. The van der Waals surface area contributed by atoms with E-state index in [1.54, 1.807) is 0 Å². The number of amides is 1. The summed E-state index contributed by atoms with van der Waals surface area (Å²) in [5.74, 6) is 0.824. The molecule has 0 bridgehead atoms. The quantitative estimate of drug-likeness (QED) is 0.838. The molecule has 1 aromatic rings. The third-order valence-electron chi connectivity index (χ3n) is 4.68. The van der Waals surface area contributed by atoms with Crippen molar-refractivity contribution in [1.82, 2.24) is 20.1 Å².